The molecule has 0 saturated carbocycles. The second kappa shape index (κ2) is 9.65. The quantitative estimate of drug-likeness (QED) is 0.460. The van der Waals surface area contributed by atoms with Crippen molar-refractivity contribution in [2.24, 2.45) is 0 Å². The summed E-state index contributed by atoms with van der Waals surface area (Å²) in [7, 11) is 1.60. The van der Waals surface area contributed by atoms with E-state index in [1.807, 2.05) is 48.2 Å². The van der Waals surface area contributed by atoms with E-state index in [2.05, 4.69) is 37.9 Å². The lowest BCUT2D eigenvalue weighted by Gasteiger charge is -2.26. The summed E-state index contributed by atoms with van der Waals surface area (Å²) in [5, 5.41) is 0. The average Bonchev–Trinajstić information content (AvgIpc) is 3.20. The third-order valence-electron chi connectivity index (χ3n) is 6.32. The lowest BCUT2D eigenvalue weighted by Crippen LogP contribution is -2.37. The summed E-state index contributed by atoms with van der Waals surface area (Å²) in [5.41, 5.74) is 6.82. The molecule has 0 radical (unpaired) electrons. The van der Waals surface area contributed by atoms with Gasteiger partial charge in [0, 0.05) is 23.0 Å². The third kappa shape index (κ3) is 4.58. The molecule has 2 heterocycles. The summed E-state index contributed by atoms with van der Waals surface area (Å²) in [6, 6.07) is 16.2. The molecule has 1 amide bonds. The van der Waals surface area contributed by atoms with E-state index in [0.29, 0.717) is 23.7 Å². The van der Waals surface area contributed by atoms with E-state index in [-0.39, 0.29) is 11.9 Å². The lowest BCUT2D eigenvalue weighted by atomic mass is 10.0. The van der Waals surface area contributed by atoms with E-state index in [0.717, 1.165) is 41.9 Å². The molecule has 1 aliphatic heterocycles. The van der Waals surface area contributed by atoms with Crippen LogP contribution in [0.25, 0.3) is 0 Å². The predicted octanol–water partition coefficient (Wildman–Crippen LogP) is 5.83. The summed E-state index contributed by atoms with van der Waals surface area (Å²) in [4.78, 5) is 20.3. The molecule has 5 heteroatoms. The number of benzene rings is 2. The van der Waals surface area contributed by atoms with Crippen LogP contribution in [0.1, 0.15) is 58.7 Å². The Morgan fingerprint density at radius 2 is 1.82 bits per heavy atom. The molecular weight excluding hydrogens is 412 g/mol. The van der Waals surface area contributed by atoms with Gasteiger partial charge in [0.1, 0.15) is 6.61 Å². The number of nitrogens with zero attached hydrogens (tertiary/aromatic N) is 2. The van der Waals surface area contributed by atoms with E-state index < -0.39 is 0 Å². The maximum Gasteiger partial charge on any atom is 0.258 e. The fourth-order valence-corrected chi connectivity index (χ4v) is 4.58. The highest BCUT2D eigenvalue weighted by Gasteiger charge is 2.34. The highest BCUT2D eigenvalue weighted by atomic mass is 16.5. The van der Waals surface area contributed by atoms with Crippen molar-refractivity contribution < 1.29 is 14.3 Å². The molecule has 0 saturated heterocycles. The molecule has 5 nitrogen and oxygen atoms in total. The van der Waals surface area contributed by atoms with Gasteiger partial charge in [-0.1, -0.05) is 32.0 Å². The Hall–Kier alpha value is -3.34. The Labute approximate surface area is 196 Å². The van der Waals surface area contributed by atoms with Crippen molar-refractivity contribution in [2.45, 2.75) is 59.6 Å². The minimum atomic E-state index is 0.00193. The van der Waals surface area contributed by atoms with Crippen LogP contribution in [-0.4, -0.2) is 24.0 Å². The molecule has 172 valence electrons. The van der Waals surface area contributed by atoms with Crippen molar-refractivity contribution in [3.63, 3.8) is 0 Å². The van der Waals surface area contributed by atoms with Crippen LogP contribution < -0.4 is 14.4 Å². The molecular formula is C28H32N2O3. The first kappa shape index (κ1) is 22.8. The number of fused-ring (bicyclic) bond motifs is 1. The van der Waals surface area contributed by atoms with Gasteiger partial charge in [0.15, 0.2) is 11.5 Å². The molecule has 0 aliphatic carbocycles. The second-order valence-corrected chi connectivity index (χ2v) is 8.66. The van der Waals surface area contributed by atoms with Gasteiger partial charge in [0.25, 0.3) is 5.91 Å². The molecule has 0 fully saturated rings. The van der Waals surface area contributed by atoms with Gasteiger partial charge >= 0.3 is 0 Å². The summed E-state index contributed by atoms with van der Waals surface area (Å²) in [6.07, 6.45) is 2.67. The third-order valence-corrected chi connectivity index (χ3v) is 6.32. The number of aryl methyl sites for hydroxylation is 3. The van der Waals surface area contributed by atoms with E-state index in [9.17, 15) is 4.79 Å². The number of carbonyl (C=O) groups is 1. The smallest absolute Gasteiger partial charge is 0.258 e. The van der Waals surface area contributed by atoms with Crippen LogP contribution in [0.15, 0.2) is 48.5 Å². The minimum absolute atomic E-state index is 0.00193. The van der Waals surface area contributed by atoms with Gasteiger partial charge in [-0.2, -0.15) is 0 Å². The minimum Gasteiger partial charge on any atom is -0.493 e. The number of hydrogen-bond acceptors (Lipinski definition) is 4. The van der Waals surface area contributed by atoms with Crippen molar-refractivity contribution in [3.05, 3.63) is 82.2 Å². The van der Waals surface area contributed by atoms with Crippen LogP contribution in [-0.2, 0) is 19.4 Å². The van der Waals surface area contributed by atoms with Crippen LogP contribution in [0.4, 0.5) is 5.69 Å². The average molecular weight is 445 g/mol. The summed E-state index contributed by atoms with van der Waals surface area (Å²) >= 11 is 0. The summed E-state index contributed by atoms with van der Waals surface area (Å²) in [6.45, 7) is 8.58. The monoisotopic (exact) mass is 444 g/mol. The number of carbonyl (C=O) groups excluding carboxylic acids is 1. The number of aromatic nitrogens is 1. The van der Waals surface area contributed by atoms with Crippen molar-refractivity contribution in [1.29, 1.82) is 0 Å². The highest BCUT2D eigenvalue weighted by molar-refractivity contribution is 6.09. The van der Waals surface area contributed by atoms with E-state index in [1.165, 1.54) is 11.1 Å². The van der Waals surface area contributed by atoms with Crippen molar-refractivity contribution in [2.75, 3.05) is 12.0 Å². The lowest BCUT2D eigenvalue weighted by molar-refractivity contribution is 0.0978. The van der Waals surface area contributed by atoms with Crippen LogP contribution >= 0.6 is 0 Å². The first-order chi connectivity index (χ1) is 15.9. The Balaban J connectivity index is 1.61. The van der Waals surface area contributed by atoms with Gasteiger partial charge in [-0.05, 0) is 80.1 Å². The number of hydrogen-bond donors (Lipinski definition) is 0. The molecule has 33 heavy (non-hydrogen) atoms. The maximum absolute atomic E-state index is 13.7. The fourth-order valence-electron chi connectivity index (χ4n) is 4.58. The van der Waals surface area contributed by atoms with E-state index in [4.69, 9.17) is 9.47 Å². The highest BCUT2D eigenvalue weighted by Crippen LogP contribution is 2.37. The molecule has 4 rings (SSSR count). The van der Waals surface area contributed by atoms with Gasteiger partial charge in [0.05, 0.1) is 12.8 Å². The Morgan fingerprint density at radius 1 is 1.06 bits per heavy atom. The van der Waals surface area contributed by atoms with Gasteiger partial charge < -0.3 is 14.4 Å². The number of methoxy groups -OCH3 is 1. The topological polar surface area (TPSA) is 51.7 Å². The van der Waals surface area contributed by atoms with E-state index >= 15 is 0 Å². The van der Waals surface area contributed by atoms with Gasteiger partial charge in [-0.25, -0.2) is 0 Å². The van der Waals surface area contributed by atoms with Crippen LogP contribution in [0, 0.1) is 13.8 Å². The number of para-hydroxylation sites is 1. The maximum atomic E-state index is 13.7. The molecule has 0 N–H and O–H groups in total. The summed E-state index contributed by atoms with van der Waals surface area (Å²) < 4.78 is 11.7. The van der Waals surface area contributed by atoms with Gasteiger partial charge in [-0.3, -0.25) is 9.78 Å². The first-order valence-corrected chi connectivity index (χ1v) is 11.6. The Kier molecular flexibility index (Phi) is 6.68. The Bertz CT molecular complexity index is 1170. The van der Waals surface area contributed by atoms with Crippen molar-refractivity contribution in [1.82, 2.24) is 4.98 Å². The molecule has 1 aromatic heterocycles. The normalized spacial score (nSPS) is 14.8. The summed E-state index contributed by atoms with van der Waals surface area (Å²) in [5.74, 6) is 1.16. The molecule has 1 aliphatic rings. The van der Waals surface area contributed by atoms with Crippen molar-refractivity contribution >= 4 is 11.6 Å². The number of amides is 1. The second-order valence-electron chi connectivity index (χ2n) is 8.66. The zero-order chi connectivity index (χ0) is 23.5. The largest absolute Gasteiger partial charge is 0.493 e. The van der Waals surface area contributed by atoms with E-state index in [1.54, 1.807) is 7.11 Å². The zero-order valence-electron chi connectivity index (χ0n) is 20.1. The van der Waals surface area contributed by atoms with Crippen LogP contribution in [0.2, 0.25) is 0 Å². The number of ether oxygens (including phenoxy) is 2. The molecule has 1 unspecified atom stereocenters. The van der Waals surface area contributed by atoms with Crippen LogP contribution in [0.5, 0.6) is 11.5 Å². The SMILES string of the molecule is CCc1cc(C)cc(COc2cc(C)c(C(=O)N3c4ccccc4CC3CC)cc2OC)n1. The zero-order valence-corrected chi connectivity index (χ0v) is 20.1. The van der Waals surface area contributed by atoms with Gasteiger partial charge in [0.2, 0.25) is 0 Å². The molecule has 0 spiro atoms. The molecule has 0 bridgehead atoms. The number of pyridine rings is 1. The van der Waals surface area contributed by atoms with Gasteiger partial charge in [-0.15, -0.1) is 0 Å². The predicted molar refractivity (Wildman–Crippen MR) is 131 cm³/mol. The van der Waals surface area contributed by atoms with Crippen LogP contribution in [0.3, 0.4) is 0 Å². The number of rotatable bonds is 7. The van der Waals surface area contributed by atoms with Crippen molar-refractivity contribution in [3.8, 4) is 11.5 Å². The molecule has 2 aromatic carbocycles. The first-order valence-electron chi connectivity index (χ1n) is 11.6. The number of anilines is 1. The standard InChI is InChI=1S/C28H32N2O3/c1-6-21-12-18(3)13-22(29-21)17-33-27-14-19(4)24(16-26(27)32-5)28(31)30-23(7-2)15-20-10-8-9-11-25(20)30/h8-14,16,23H,6-7,15,17H2,1-5H3. The molecule has 3 aromatic rings. The fraction of sp³-hybridized carbons (Fsp3) is 0.357. The Morgan fingerprint density at radius 3 is 2.55 bits per heavy atom. The molecule has 1 atom stereocenters.